The number of hydrogen-bond donors (Lipinski definition) is 0. The van der Waals surface area contributed by atoms with Crippen molar-refractivity contribution < 1.29 is 17.3 Å². The van der Waals surface area contributed by atoms with Gasteiger partial charge in [0.15, 0.2) is 5.75 Å². The first-order chi connectivity index (χ1) is 11.9. The maximum atomic E-state index is 12.7. The molecule has 0 spiro atoms. The molecule has 1 aliphatic heterocycles. The van der Waals surface area contributed by atoms with Gasteiger partial charge in [-0.2, -0.15) is 8.42 Å². The zero-order valence-electron chi connectivity index (χ0n) is 14.4. The minimum Gasteiger partial charge on any atom is -0.379 e. The van der Waals surface area contributed by atoms with Crippen LogP contribution in [0.2, 0.25) is 0 Å². The van der Waals surface area contributed by atoms with E-state index in [0.29, 0.717) is 24.5 Å². The highest BCUT2D eigenvalue weighted by Gasteiger charge is 2.32. The van der Waals surface area contributed by atoms with E-state index in [4.69, 9.17) is 8.92 Å². The van der Waals surface area contributed by atoms with Crippen molar-refractivity contribution in [3.05, 3.63) is 48.0 Å². The SMILES string of the molecule is CCOCC1Sc2cccc(OS(=O)(=O)c3ccccc3C)c2N1C. The Balaban J connectivity index is 1.92. The van der Waals surface area contributed by atoms with Crippen LogP contribution in [0.5, 0.6) is 5.75 Å². The van der Waals surface area contributed by atoms with Gasteiger partial charge in [-0.1, -0.05) is 36.0 Å². The predicted molar refractivity (Wildman–Crippen MR) is 100.0 cm³/mol. The standard InChI is InChI=1S/C18H21NO4S2/c1-4-22-12-17-19(3)18-14(9-7-10-15(18)24-17)23-25(20,21)16-11-6-5-8-13(16)2/h5-11,17H,4,12H2,1-3H3. The summed E-state index contributed by atoms with van der Waals surface area (Å²) in [5, 5.41) is 0.0980. The maximum Gasteiger partial charge on any atom is 0.339 e. The summed E-state index contributed by atoms with van der Waals surface area (Å²) in [5.41, 5.74) is 1.45. The van der Waals surface area contributed by atoms with Crippen LogP contribution in [-0.2, 0) is 14.9 Å². The summed E-state index contributed by atoms with van der Waals surface area (Å²) in [6.45, 7) is 4.92. The van der Waals surface area contributed by atoms with E-state index in [1.54, 1.807) is 49.0 Å². The van der Waals surface area contributed by atoms with Crippen molar-refractivity contribution in [1.82, 2.24) is 0 Å². The Morgan fingerprint density at radius 2 is 1.92 bits per heavy atom. The van der Waals surface area contributed by atoms with Crippen molar-refractivity contribution in [2.45, 2.75) is 29.0 Å². The molecule has 1 unspecified atom stereocenters. The Morgan fingerprint density at radius 1 is 1.16 bits per heavy atom. The summed E-state index contributed by atoms with van der Waals surface area (Å²) in [6, 6.07) is 12.3. The molecule has 0 amide bonds. The second kappa shape index (κ2) is 7.27. The van der Waals surface area contributed by atoms with E-state index >= 15 is 0 Å². The summed E-state index contributed by atoms with van der Waals surface area (Å²) < 4.78 is 36.5. The molecule has 2 aromatic rings. The van der Waals surface area contributed by atoms with Crippen LogP contribution in [0.1, 0.15) is 12.5 Å². The average Bonchev–Trinajstić information content (AvgIpc) is 2.90. The highest BCUT2D eigenvalue weighted by atomic mass is 32.2. The van der Waals surface area contributed by atoms with Crippen molar-refractivity contribution in [2.75, 3.05) is 25.2 Å². The van der Waals surface area contributed by atoms with Crippen LogP contribution in [0.15, 0.2) is 52.3 Å². The molecule has 3 rings (SSSR count). The van der Waals surface area contributed by atoms with Gasteiger partial charge in [0.05, 0.1) is 12.3 Å². The first-order valence-electron chi connectivity index (χ1n) is 8.04. The Labute approximate surface area is 153 Å². The summed E-state index contributed by atoms with van der Waals surface area (Å²) >= 11 is 1.65. The fourth-order valence-corrected chi connectivity index (χ4v) is 5.15. The molecule has 0 fully saturated rings. The topological polar surface area (TPSA) is 55.8 Å². The number of likely N-dealkylation sites (N-methyl/N-ethyl adjacent to an activating group) is 1. The molecule has 134 valence electrons. The molecule has 0 N–H and O–H groups in total. The molecule has 1 aliphatic rings. The second-order valence-electron chi connectivity index (χ2n) is 5.75. The minimum atomic E-state index is -3.89. The Bertz CT molecular complexity index is 867. The van der Waals surface area contributed by atoms with E-state index in [0.717, 1.165) is 10.6 Å². The van der Waals surface area contributed by atoms with Crippen LogP contribution in [0.25, 0.3) is 0 Å². The molecule has 7 heteroatoms. The Morgan fingerprint density at radius 3 is 2.64 bits per heavy atom. The van der Waals surface area contributed by atoms with E-state index in [-0.39, 0.29) is 10.3 Å². The van der Waals surface area contributed by atoms with Gasteiger partial charge < -0.3 is 13.8 Å². The summed E-state index contributed by atoms with van der Waals surface area (Å²) in [4.78, 5) is 3.19. The van der Waals surface area contributed by atoms with Crippen LogP contribution >= 0.6 is 11.8 Å². The van der Waals surface area contributed by atoms with Gasteiger partial charge in [-0.05, 0) is 37.6 Å². The monoisotopic (exact) mass is 379 g/mol. The molecule has 0 aromatic heterocycles. The number of rotatable bonds is 6. The first-order valence-corrected chi connectivity index (χ1v) is 10.3. The minimum absolute atomic E-state index is 0.0980. The molecular formula is C18H21NO4S2. The van der Waals surface area contributed by atoms with E-state index in [2.05, 4.69) is 0 Å². The third-order valence-corrected chi connectivity index (χ3v) is 6.74. The molecule has 0 aliphatic carbocycles. The largest absolute Gasteiger partial charge is 0.379 e. The van der Waals surface area contributed by atoms with Gasteiger partial charge in [0, 0.05) is 18.6 Å². The van der Waals surface area contributed by atoms with Crippen LogP contribution in [0.3, 0.4) is 0 Å². The quantitative estimate of drug-likeness (QED) is 0.714. The number of aryl methyl sites for hydroxylation is 1. The fourth-order valence-electron chi connectivity index (χ4n) is 2.75. The number of hydrogen-bond acceptors (Lipinski definition) is 6. The number of ether oxygens (including phenoxy) is 1. The van der Waals surface area contributed by atoms with Crippen LogP contribution in [0.4, 0.5) is 5.69 Å². The molecule has 2 aromatic carbocycles. The number of anilines is 1. The molecule has 0 radical (unpaired) electrons. The second-order valence-corrected chi connectivity index (χ2v) is 8.48. The zero-order valence-corrected chi connectivity index (χ0v) is 16.1. The van der Waals surface area contributed by atoms with Gasteiger partial charge in [-0.3, -0.25) is 0 Å². The van der Waals surface area contributed by atoms with Gasteiger partial charge in [-0.15, -0.1) is 0 Å². The van der Waals surface area contributed by atoms with Crippen molar-refractivity contribution in [3.63, 3.8) is 0 Å². The van der Waals surface area contributed by atoms with E-state index < -0.39 is 10.1 Å². The van der Waals surface area contributed by atoms with Crippen molar-refractivity contribution >= 4 is 27.6 Å². The van der Waals surface area contributed by atoms with Gasteiger partial charge in [0.25, 0.3) is 0 Å². The molecule has 0 bridgehead atoms. The summed E-state index contributed by atoms with van der Waals surface area (Å²) in [5.74, 6) is 0.342. The summed E-state index contributed by atoms with van der Waals surface area (Å²) in [6.07, 6.45) is 0. The molecule has 1 atom stereocenters. The molecule has 1 heterocycles. The highest BCUT2D eigenvalue weighted by molar-refractivity contribution is 8.00. The number of nitrogens with zero attached hydrogens (tertiary/aromatic N) is 1. The van der Waals surface area contributed by atoms with Gasteiger partial charge in [-0.25, -0.2) is 0 Å². The lowest BCUT2D eigenvalue weighted by atomic mass is 10.2. The third kappa shape index (κ3) is 3.63. The Kier molecular flexibility index (Phi) is 5.27. The molecule has 25 heavy (non-hydrogen) atoms. The lowest BCUT2D eigenvalue weighted by Gasteiger charge is -2.22. The molecule has 5 nitrogen and oxygen atoms in total. The first kappa shape index (κ1) is 18.1. The van der Waals surface area contributed by atoms with E-state index in [1.807, 2.05) is 31.0 Å². The van der Waals surface area contributed by atoms with Gasteiger partial charge >= 0.3 is 10.1 Å². The van der Waals surface area contributed by atoms with Crippen molar-refractivity contribution in [2.24, 2.45) is 0 Å². The molecule has 0 saturated heterocycles. The van der Waals surface area contributed by atoms with Crippen molar-refractivity contribution in [3.8, 4) is 5.75 Å². The van der Waals surface area contributed by atoms with Crippen molar-refractivity contribution in [1.29, 1.82) is 0 Å². The van der Waals surface area contributed by atoms with Gasteiger partial charge in [0.2, 0.25) is 0 Å². The fraction of sp³-hybridized carbons (Fsp3) is 0.333. The van der Waals surface area contributed by atoms with E-state index in [9.17, 15) is 8.42 Å². The maximum absolute atomic E-state index is 12.7. The van der Waals surface area contributed by atoms with Gasteiger partial charge in [0.1, 0.15) is 10.3 Å². The van der Waals surface area contributed by atoms with Crippen LogP contribution in [0, 0.1) is 6.92 Å². The lowest BCUT2D eigenvalue weighted by molar-refractivity contribution is 0.149. The zero-order chi connectivity index (χ0) is 18.0. The Hall–Kier alpha value is -1.70. The summed E-state index contributed by atoms with van der Waals surface area (Å²) in [7, 11) is -1.96. The number of para-hydroxylation sites is 1. The lowest BCUT2D eigenvalue weighted by Crippen LogP contribution is -2.29. The normalized spacial score (nSPS) is 16.8. The number of fused-ring (bicyclic) bond motifs is 1. The number of benzene rings is 2. The average molecular weight is 380 g/mol. The smallest absolute Gasteiger partial charge is 0.339 e. The molecular weight excluding hydrogens is 358 g/mol. The molecule has 0 saturated carbocycles. The highest BCUT2D eigenvalue weighted by Crippen LogP contribution is 2.48. The number of thioether (sulfide) groups is 1. The van der Waals surface area contributed by atoms with E-state index in [1.165, 1.54) is 0 Å². The third-order valence-electron chi connectivity index (χ3n) is 4.04. The van der Waals surface area contributed by atoms with Crippen LogP contribution in [-0.4, -0.2) is 34.1 Å². The predicted octanol–water partition coefficient (Wildman–Crippen LogP) is 3.67. The van der Waals surface area contributed by atoms with Crippen LogP contribution < -0.4 is 9.08 Å².